The smallest absolute Gasteiger partial charge is 0.236 e. The van der Waals surface area contributed by atoms with Crippen LogP contribution in [0, 0.1) is 0 Å². The molecule has 6 nitrogen and oxygen atoms in total. The van der Waals surface area contributed by atoms with Crippen molar-refractivity contribution in [1.82, 2.24) is 15.1 Å². The van der Waals surface area contributed by atoms with Gasteiger partial charge in [0.05, 0.1) is 5.69 Å². The van der Waals surface area contributed by atoms with Crippen LogP contribution in [0.4, 0.5) is 0 Å². The molecule has 0 unspecified atom stereocenters. The molecule has 0 amide bonds. The van der Waals surface area contributed by atoms with Crippen molar-refractivity contribution < 1.29 is 13.7 Å². The van der Waals surface area contributed by atoms with Crippen LogP contribution in [0.1, 0.15) is 0 Å². The van der Waals surface area contributed by atoms with Gasteiger partial charge in [-0.15, -0.1) is 0 Å². The first-order valence-corrected chi connectivity index (χ1v) is 7.62. The van der Waals surface area contributed by atoms with Gasteiger partial charge in [0.2, 0.25) is 6.29 Å². The first-order valence-electron chi connectivity index (χ1n) is 5.63. The molecule has 0 N–H and O–H groups in total. The van der Waals surface area contributed by atoms with E-state index in [1.807, 2.05) is 18.3 Å². The van der Waals surface area contributed by atoms with Gasteiger partial charge in [0.15, 0.2) is 13.5 Å². The molecular weight excluding hydrogens is 263 g/mol. The Hall–Kier alpha value is -1.62. The Morgan fingerprint density at radius 3 is 2.63 bits per heavy atom. The van der Waals surface area contributed by atoms with E-state index in [0.717, 1.165) is 11.3 Å². The molecule has 0 saturated heterocycles. The lowest BCUT2D eigenvalue weighted by Crippen LogP contribution is -2.37. The lowest BCUT2D eigenvalue weighted by Gasteiger charge is -2.15. The lowest BCUT2D eigenvalue weighted by molar-refractivity contribution is -0.737. The van der Waals surface area contributed by atoms with Crippen molar-refractivity contribution in [3.8, 4) is 11.3 Å². The van der Waals surface area contributed by atoms with Crippen molar-refractivity contribution in [3.63, 3.8) is 0 Å². The monoisotopic (exact) mass is 279 g/mol. The molecule has 0 aromatic carbocycles. The minimum atomic E-state index is -2.12. The number of hydrogen-bond donors (Lipinski definition) is 0. The lowest BCUT2D eigenvalue weighted by atomic mass is 10.2. The molecule has 0 radical (unpaired) electrons. The van der Waals surface area contributed by atoms with Crippen LogP contribution in [0.3, 0.4) is 0 Å². The van der Waals surface area contributed by atoms with E-state index in [4.69, 9.17) is 9.05 Å². The average molecular weight is 279 g/mol. The number of hydrogen-bond acceptors (Lipinski definition) is 5. The van der Waals surface area contributed by atoms with E-state index in [0.29, 0.717) is 6.29 Å². The highest BCUT2D eigenvalue weighted by atomic mass is 31.2. The van der Waals surface area contributed by atoms with Crippen molar-refractivity contribution in [2.24, 2.45) is 0 Å². The Balaban J connectivity index is 2.18. The second-order valence-corrected chi connectivity index (χ2v) is 6.51. The van der Waals surface area contributed by atoms with E-state index >= 15 is 0 Å². The Morgan fingerprint density at radius 1 is 1.32 bits per heavy atom. The summed E-state index contributed by atoms with van der Waals surface area (Å²) >= 11 is 0. The fourth-order valence-electron chi connectivity index (χ4n) is 1.49. The first kappa shape index (κ1) is 13.8. The van der Waals surface area contributed by atoms with Crippen LogP contribution in [0.5, 0.6) is 0 Å². The molecule has 100 valence electrons. The molecule has 0 spiro atoms. The zero-order valence-corrected chi connectivity index (χ0v) is 11.8. The Morgan fingerprint density at radius 2 is 2.11 bits per heavy atom. The molecule has 0 bridgehead atoms. The van der Waals surface area contributed by atoms with Crippen molar-refractivity contribution >= 4 is 13.6 Å². The van der Waals surface area contributed by atoms with E-state index in [1.165, 1.54) is 6.33 Å². The maximum absolute atomic E-state index is 5.30. The van der Waals surface area contributed by atoms with Crippen LogP contribution in [0.25, 0.3) is 11.3 Å². The zero-order valence-electron chi connectivity index (χ0n) is 10.9. The second kappa shape index (κ2) is 6.02. The third-order valence-electron chi connectivity index (χ3n) is 2.67. The molecule has 2 heterocycles. The number of nitrogens with zero attached hydrogens (tertiary/aromatic N) is 4. The van der Waals surface area contributed by atoms with Gasteiger partial charge in [-0.05, 0) is 17.5 Å². The SMILES string of the molecule is C=P(C[n+]1ccc(-c2ccncn2)cn1)(OC)OC. The van der Waals surface area contributed by atoms with Gasteiger partial charge in [0.1, 0.15) is 12.5 Å². The molecule has 0 saturated carbocycles. The largest absolute Gasteiger partial charge is 0.336 e. The van der Waals surface area contributed by atoms with Crippen molar-refractivity contribution in [2.75, 3.05) is 14.2 Å². The van der Waals surface area contributed by atoms with Gasteiger partial charge >= 0.3 is 0 Å². The Kier molecular flexibility index (Phi) is 4.37. The van der Waals surface area contributed by atoms with E-state index in [1.54, 1.807) is 31.3 Å². The maximum Gasteiger partial charge on any atom is 0.236 e. The van der Waals surface area contributed by atoms with Crippen LogP contribution in [-0.2, 0) is 15.3 Å². The predicted octanol–water partition coefficient (Wildman–Crippen LogP) is 1.36. The maximum atomic E-state index is 5.30. The molecule has 0 aliphatic carbocycles. The van der Waals surface area contributed by atoms with Crippen molar-refractivity contribution in [1.29, 1.82) is 0 Å². The van der Waals surface area contributed by atoms with Gasteiger partial charge in [0, 0.05) is 32.0 Å². The Labute approximate surface area is 112 Å². The van der Waals surface area contributed by atoms with Gasteiger partial charge in [-0.25, -0.2) is 9.97 Å². The third kappa shape index (κ3) is 3.44. The summed E-state index contributed by atoms with van der Waals surface area (Å²) in [5.41, 5.74) is 1.77. The summed E-state index contributed by atoms with van der Waals surface area (Å²) in [6.07, 6.45) is 11.3. The van der Waals surface area contributed by atoms with Crippen LogP contribution < -0.4 is 4.68 Å². The number of rotatable bonds is 5. The van der Waals surface area contributed by atoms with Crippen LogP contribution in [0.2, 0.25) is 0 Å². The summed E-state index contributed by atoms with van der Waals surface area (Å²) in [5, 5.41) is 4.32. The summed E-state index contributed by atoms with van der Waals surface area (Å²) in [6, 6.07) is 3.77. The minimum absolute atomic E-state index is 0.504. The van der Waals surface area contributed by atoms with Gasteiger partial charge < -0.3 is 9.05 Å². The average Bonchev–Trinajstić information content (AvgIpc) is 2.49. The summed E-state index contributed by atoms with van der Waals surface area (Å²) in [6.45, 7) is 0. The summed E-state index contributed by atoms with van der Waals surface area (Å²) in [7, 11) is 1.08. The molecule has 2 rings (SSSR count). The molecule has 2 aromatic rings. The van der Waals surface area contributed by atoms with Gasteiger partial charge in [-0.3, -0.25) is 0 Å². The van der Waals surface area contributed by atoms with Gasteiger partial charge in [-0.2, -0.15) is 0 Å². The summed E-state index contributed by atoms with van der Waals surface area (Å²) in [4.78, 5) is 8.06. The normalized spacial score (nSPS) is 11.5. The molecule has 0 aliphatic rings. The van der Waals surface area contributed by atoms with E-state index in [9.17, 15) is 0 Å². The van der Waals surface area contributed by atoms with Crippen molar-refractivity contribution in [3.05, 3.63) is 37.1 Å². The molecule has 19 heavy (non-hydrogen) atoms. The van der Waals surface area contributed by atoms with Crippen molar-refractivity contribution in [2.45, 2.75) is 6.29 Å². The molecule has 2 aromatic heterocycles. The molecular formula is C12H16N4O2P+. The zero-order chi connectivity index (χ0) is 13.7. The van der Waals surface area contributed by atoms with Gasteiger partial charge in [-0.1, -0.05) is 4.68 Å². The second-order valence-electron chi connectivity index (χ2n) is 3.87. The number of aromatic nitrogens is 4. The standard InChI is InChI=1S/C12H16N4O2P/c1-17-19(3,18-2)10-16-7-5-11(8-15-16)12-4-6-13-9-14-12/h4-9H,3,10H2,1-2H3/q+1. The van der Waals surface area contributed by atoms with Crippen LogP contribution in [0.15, 0.2) is 37.1 Å². The minimum Gasteiger partial charge on any atom is -0.336 e. The highest BCUT2D eigenvalue weighted by molar-refractivity contribution is 7.63. The summed E-state index contributed by atoms with van der Waals surface area (Å²) < 4.78 is 12.4. The van der Waals surface area contributed by atoms with E-state index in [-0.39, 0.29) is 0 Å². The van der Waals surface area contributed by atoms with Gasteiger partial charge in [0.25, 0.3) is 0 Å². The molecule has 0 atom stereocenters. The molecule has 0 aliphatic heterocycles. The first-order chi connectivity index (χ1) is 9.17. The fraction of sp³-hybridized carbons (Fsp3) is 0.250. The Bertz CT molecular complexity index is 566. The quantitative estimate of drug-likeness (QED) is 0.611. The predicted molar refractivity (Wildman–Crippen MR) is 73.5 cm³/mol. The molecule has 7 heteroatoms. The van der Waals surface area contributed by atoms with Crippen LogP contribution in [-0.4, -0.2) is 35.6 Å². The van der Waals surface area contributed by atoms with Crippen LogP contribution >= 0.6 is 7.34 Å². The summed E-state index contributed by atoms with van der Waals surface area (Å²) in [5.74, 6) is 0. The third-order valence-corrected chi connectivity index (χ3v) is 4.73. The van der Waals surface area contributed by atoms with E-state index < -0.39 is 7.34 Å². The highest BCUT2D eigenvalue weighted by Gasteiger charge is 2.20. The fourth-order valence-corrected chi connectivity index (χ4v) is 2.48. The molecule has 0 fully saturated rings. The highest BCUT2D eigenvalue weighted by Crippen LogP contribution is 2.45. The topological polar surface area (TPSA) is 61.0 Å². The van der Waals surface area contributed by atoms with E-state index in [2.05, 4.69) is 21.4 Å².